The molecule has 0 atom stereocenters. The summed E-state index contributed by atoms with van der Waals surface area (Å²) in [6.07, 6.45) is 0. The van der Waals surface area contributed by atoms with E-state index in [4.69, 9.17) is 4.52 Å². The maximum atomic E-state index is 12.6. The molecule has 7 heteroatoms. The summed E-state index contributed by atoms with van der Waals surface area (Å²) in [7, 11) is -1.97. The third-order valence-electron chi connectivity index (χ3n) is 4.12. The molecule has 26 heavy (non-hydrogen) atoms. The lowest BCUT2D eigenvalue weighted by atomic mass is 10.1. The van der Waals surface area contributed by atoms with Gasteiger partial charge in [0.15, 0.2) is 0 Å². The van der Waals surface area contributed by atoms with E-state index in [1.54, 1.807) is 6.07 Å². The van der Waals surface area contributed by atoms with Crippen molar-refractivity contribution in [3.05, 3.63) is 71.1 Å². The highest BCUT2D eigenvalue weighted by atomic mass is 32.2. The highest BCUT2D eigenvalue weighted by molar-refractivity contribution is 7.88. The van der Waals surface area contributed by atoms with Crippen LogP contribution in [-0.4, -0.2) is 29.9 Å². The van der Waals surface area contributed by atoms with Crippen molar-refractivity contribution < 1.29 is 12.9 Å². The monoisotopic (exact) mass is 371 g/mol. The Morgan fingerprint density at radius 3 is 2.58 bits per heavy atom. The number of hydrogen-bond donors (Lipinski definition) is 0. The molecular weight excluding hydrogens is 350 g/mol. The van der Waals surface area contributed by atoms with Gasteiger partial charge < -0.3 is 4.52 Å². The number of aromatic nitrogens is 2. The molecular formula is C19H21N3O3S. The normalized spacial score (nSPS) is 11.8. The number of rotatable bonds is 6. The Hall–Kier alpha value is -2.51. The molecule has 0 bridgehead atoms. The number of sulfonamides is 1. The number of hydrogen-bond acceptors (Lipinski definition) is 5. The van der Waals surface area contributed by atoms with Crippen molar-refractivity contribution in [2.24, 2.45) is 0 Å². The predicted molar refractivity (Wildman–Crippen MR) is 99.7 cm³/mol. The number of nitrogens with zero attached hydrogens (tertiary/aromatic N) is 3. The minimum Gasteiger partial charge on any atom is -0.338 e. The Bertz CT molecular complexity index is 1010. The van der Waals surface area contributed by atoms with Gasteiger partial charge in [-0.1, -0.05) is 59.3 Å². The summed E-state index contributed by atoms with van der Waals surface area (Å²) in [5.74, 6) is 0.658. The highest BCUT2D eigenvalue weighted by Crippen LogP contribution is 2.21. The van der Waals surface area contributed by atoms with E-state index in [1.165, 1.54) is 11.4 Å². The Kier molecular flexibility index (Phi) is 5.20. The van der Waals surface area contributed by atoms with Gasteiger partial charge in [-0.2, -0.15) is 9.29 Å². The fourth-order valence-electron chi connectivity index (χ4n) is 2.66. The number of aryl methyl sites for hydroxylation is 2. The minimum atomic E-state index is -3.49. The van der Waals surface area contributed by atoms with Crippen molar-refractivity contribution in [3.63, 3.8) is 0 Å². The molecule has 0 amide bonds. The topological polar surface area (TPSA) is 76.3 Å². The van der Waals surface area contributed by atoms with Crippen LogP contribution in [0.25, 0.3) is 11.4 Å². The Morgan fingerprint density at radius 1 is 1.08 bits per heavy atom. The molecule has 1 aromatic heterocycles. The lowest BCUT2D eigenvalue weighted by molar-refractivity contribution is 0.336. The molecule has 3 rings (SSSR count). The smallest absolute Gasteiger partial charge is 0.242 e. The quantitative estimate of drug-likeness (QED) is 0.664. The summed E-state index contributed by atoms with van der Waals surface area (Å²) in [5, 5.41) is 3.97. The van der Waals surface area contributed by atoms with Crippen LogP contribution < -0.4 is 0 Å². The fraction of sp³-hybridized carbons (Fsp3) is 0.263. The molecule has 0 spiro atoms. The van der Waals surface area contributed by atoms with E-state index in [1.807, 2.05) is 56.3 Å². The van der Waals surface area contributed by atoms with Gasteiger partial charge in [-0.15, -0.1) is 0 Å². The van der Waals surface area contributed by atoms with Crippen LogP contribution in [0.1, 0.15) is 22.6 Å². The third kappa shape index (κ3) is 4.17. The molecule has 0 aliphatic rings. The summed E-state index contributed by atoms with van der Waals surface area (Å²) < 4.78 is 31.6. The van der Waals surface area contributed by atoms with Crippen molar-refractivity contribution >= 4 is 10.0 Å². The molecule has 136 valence electrons. The summed E-state index contributed by atoms with van der Waals surface area (Å²) in [5.41, 5.74) is 3.68. The van der Waals surface area contributed by atoms with Crippen LogP contribution in [0.5, 0.6) is 0 Å². The van der Waals surface area contributed by atoms with Gasteiger partial charge in [-0.05, 0) is 25.0 Å². The molecule has 1 heterocycles. The maximum Gasteiger partial charge on any atom is 0.242 e. The Balaban J connectivity index is 1.73. The first kappa shape index (κ1) is 18.3. The van der Waals surface area contributed by atoms with Crippen LogP contribution in [0.2, 0.25) is 0 Å². The van der Waals surface area contributed by atoms with Gasteiger partial charge in [-0.25, -0.2) is 8.42 Å². The first-order chi connectivity index (χ1) is 12.3. The molecule has 6 nitrogen and oxygen atoms in total. The zero-order valence-electron chi connectivity index (χ0n) is 15.0. The van der Waals surface area contributed by atoms with Gasteiger partial charge in [0, 0.05) is 12.6 Å². The second kappa shape index (κ2) is 7.39. The molecule has 2 aromatic carbocycles. The summed E-state index contributed by atoms with van der Waals surface area (Å²) in [4.78, 5) is 4.33. The van der Waals surface area contributed by atoms with Crippen molar-refractivity contribution in [1.82, 2.24) is 14.4 Å². The first-order valence-corrected chi connectivity index (χ1v) is 9.84. The average molecular weight is 371 g/mol. The lowest BCUT2D eigenvalue weighted by Crippen LogP contribution is -2.27. The molecule has 0 unspecified atom stereocenters. The van der Waals surface area contributed by atoms with Gasteiger partial charge in [0.2, 0.25) is 21.7 Å². The van der Waals surface area contributed by atoms with E-state index in [0.717, 1.165) is 22.3 Å². The zero-order valence-corrected chi connectivity index (χ0v) is 15.8. The molecule has 0 saturated heterocycles. The van der Waals surface area contributed by atoms with E-state index < -0.39 is 10.0 Å². The van der Waals surface area contributed by atoms with Crippen LogP contribution in [0.15, 0.2) is 53.1 Å². The van der Waals surface area contributed by atoms with E-state index >= 15 is 0 Å². The van der Waals surface area contributed by atoms with Crippen LogP contribution in [0.3, 0.4) is 0 Å². The fourth-order valence-corrected chi connectivity index (χ4v) is 3.79. The van der Waals surface area contributed by atoms with E-state index in [0.29, 0.717) is 5.82 Å². The molecule has 3 aromatic rings. The van der Waals surface area contributed by atoms with Gasteiger partial charge in [-0.3, -0.25) is 0 Å². The predicted octanol–water partition coefficient (Wildman–Crippen LogP) is 3.32. The molecule has 0 N–H and O–H groups in total. The van der Waals surface area contributed by atoms with Crippen LogP contribution in [0.4, 0.5) is 0 Å². The molecule has 0 saturated carbocycles. The van der Waals surface area contributed by atoms with Crippen molar-refractivity contribution in [2.45, 2.75) is 26.1 Å². The first-order valence-electron chi connectivity index (χ1n) is 8.23. The van der Waals surface area contributed by atoms with Crippen LogP contribution >= 0.6 is 0 Å². The van der Waals surface area contributed by atoms with Crippen molar-refractivity contribution in [3.8, 4) is 11.4 Å². The van der Waals surface area contributed by atoms with E-state index in [9.17, 15) is 8.42 Å². The molecule has 0 radical (unpaired) electrons. The van der Waals surface area contributed by atoms with Crippen molar-refractivity contribution in [2.75, 3.05) is 7.05 Å². The summed E-state index contributed by atoms with van der Waals surface area (Å²) in [6.45, 7) is 3.93. The maximum absolute atomic E-state index is 12.6. The van der Waals surface area contributed by atoms with Crippen LogP contribution in [0, 0.1) is 13.8 Å². The summed E-state index contributed by atoms with van der Waals surface area (Å²) >= 11 is 0. The van der Waals surface area contributed by atoms with Gasteiger partial charge in [0.05, 0.1) is 12.3 Å². The van der Waals surface area contributed by atoms with Crippen molar-refractivity contribution in [1.29, 1.82) is 0 Å². The largest absolute Gasteiger partial charge is 0.338 e. The van der Waals surface area contributed by atoms with Crippen LogP contribution in [-0.2, 0) is 22.3 Å². The standard InChI is InChI=1S/C19H21N3O3S/c1-14-7-6-9-16(11-14)13-26(23,24)22(3)12-18-20-19(21-25-18)17-10-5-4-8-15(17)2/h4-11H,12-13H2,1-3H3. The average Bonchev–Trinajstić information content (AvgIpc) is 3.03. The molecule has 0 aliphatic heterocycles. The highest BCUT2D eigenvalue weighted by Gasteiger charge is 2.22. The SMILES string of the molecule is Cc1cccc(CS(=O)(=O)N(C)Cc2nc(-c3ccccc3C)no2)c1. The Labute approximate surface area is 153 Å². The second-order valence-corrected chi connectivity index (χ2v) is 8.40. The zero-order chi connectivity index (χ0) is 18.7. The minimum absolute atomic E-state index is 0.0348. The Morgan fingerprint density at radius 2 is 1.85 bits per heavy atom. The van der Waals surface area contributed by atoms with Gasteiger partial charge in [0.25, 0.3) is 0 Å². The lowest BCUT2D eigenvalue weighted by Gasteiger charge is -2.15. The molecule has 0 aliphatic carbocycles. The third-order valence-corrected chi connectivity index (χ3v) is 5.90. The van der Waals surface area contributed by atoms with E-state index in [-0.39, 0.29) is 18.2 Å². The number of benzene rings is 2. The molecule has 0 fully saturated rings. The summed E-state index contributed by atoms with van der Waals surface area (Å²) in [6, 6.07) is 15.2. The van der Waals surface area contributed by atoms with E-state index in [2.05, 4.69) is 10.1 Å². The second-order valence-electron chi connectivity index (χ2n) is 6.33. The van der Waals surface area contributed by atoms with Gasteiger partial charge >= 0.3 is 0 Å². The van der Waals surface area contributed by atoms with Gasteiger partial charge in [0.1, 0.15) is 0 Å².